The maximum atomic E-state index is 12.3. The van der Waals surface area contributed by atoms with Gasteiger partial charge in [0, 0.05) is 45.1 Å². The number of methoxy groups -OCH3 is 1. The molecule has 1 N–H and O–H groups in total. The third-order valence-electron chi connectivity index (χ3n) is 4.62. The molecule has 1 fully saturated rings. The summed E-state index contributed by atoms with van der Waals surface area (Å²) in [5, 5.41) is 7.64. The summed E-state index contributed by atoms with van der Waals surface area (Å²) in [6, 6.07) is 10.5. The Kier molecular flexibility index (Phi) is 6.19. The van der Waals surface area contributed by atoms with Crippen LogP contribution in [0.3, 0.4) is 0 Å². The monoisotopic (exact) mass is 342 g/mol. The van der Waals surface area contributed by atoms with Gasteiger partial charge in [0.1, 0.15) is 0 Å². The quantitative estimate of drug-likeness (QED) is 0.708. The summed E-state index contributed by atoms with van der Waals surface area (Å²) in [6.45, 7) is 3.14. The fourth-order valence-electron chi connectivity index (χ4n) is 3.29. The first-order valence-corrected chi connectivity index (χ1v) is 8.86. The van der Waals surface area contributed by atoms with Gasteiger partial charge in [0.05, 0.1) is 12.3 Å². The van der Waals surface area contributed by atoms with Crippen molar-refractivity contribution in [3.05, 3.63) is 48.3 Å². The molecule has 1 aliphatic heterocycles. The van der Waals surface area contributed by atoms with Crippen molar-refractivity contribution in [3.63, 3.8) is 0 Å². The molecule has 0 radical (unpaired) electrons. The number of aromatic nitrogens is 2. The highest BCUT2D eigenvalue weighted by Crippen LogP contribution is 2.24. The van der Waals surface area contributed by atoms with E-state index in [0.717, 1.165) is 37.2 Å². The molecule has 6 nitrogen and oxygen atoms in total. The number of nitrogens with zero attached hydrogens (tertiary/aromatic N) is 3. The summed E-state index contributed by atoms with van der Waals surface area (Å²) < 4.78 is 6.88. The number of likely N-dealkylation sites (tertiary alicyclic amines) is 1. The second kappa shape index (κ2) is 8.78. The SMILES string of the molecule is COCCNCC[C@H]1CCC(=O)N1Cc1cccc(-n2cccn2)c1. The van der Waals surface area contributed by atoms with Crippen LogP contribution in [-0.4, -0.2) is 53.4 Å². The van der Waals surface area contributed by atoms with Crippen LogP contribution in [0.5, 0.6) is 0 Å². The lowest BCUT2D eigenvalue weighted by Gasteiger charge is -2.25. The number of carbonyl (C=O) groups is 1. The number of carbonyl (C=O) groups excluding carboxylic acids is 1. The smallest absolute Gasteiger partial charge is 0.223 e. The van der Waals surface area contributed by atoms with Gasteiger partial charge in [-0.1, -0.05) is 12.1 Å². The molecule has 0 aliphatic carbocycles. The highest BCUT2D eigenvalue weighted by Gasteiger charge is 2.30. The van der Waals surface area contributed by atoms with Crippen molar-refractivity contribution in [2.45, 2.75) is 31.8 Å². The molecule has 1 amide bonds. The first kappa shape index (κ1) is 17.6. The van der Waals surface area contributed by atoms with Crippen LogP contribution in [0.1, 0.15) is 24.8 Å². The Balaban J connectivity index is 1.60. The number of rotatable bonds is 9. The molecule has 134 valence electrons. The molecule has 25 heavy (non-hydrogen) atoms. The zero-order valence-corrected chi connectivity index (χ0v) is 14.7. The van der Waals surface area contributed by atoms with E-state index in [9.17, 15) is 4.79 Å². The molecule has 1 saturated heterocycles. The van der Waals surface area contributed by atoms with Crippen LogP contribution < -0.4 is 5.32 Å². The Labute approximate surface area is 148 Å². The predicted molar refractivity (Wildman–Crippen MR) is 96.5 cm³/mol. The minimum atomic E-state index is 0.256. The molecule has 0 bridgehead atoms. The average molecular weight is 342 g/mol. The molecule has 3 rings (SSSR count). The van der Waals surface area contributed by atoms with E-state index in [2.05, 4.69) is 22.5 Å². The Hall–Kier alpha value is -2.18. The molecule has 0 unspecified atom stereocenters. The number of benzene rings is 1. The van der Waals surface area contributed by atoms with Gasteiger partial charge in [0.25, 0.3) is 0 Å². The Morgan fingerprint density at radius 2 is 2.24 bits per heavy atom. The lowest BCUT2D eigenvalue weighted by Crippen LogP contribution is -2.35. The molecule has 6 heteroatoms. The van der Waals surface area contributed by atoms with Gasteiger partial charge in [0.15, 0.2) is 0 Å². The van der Waals surface area contributed by atoms with Crippen molar-refractivity contribution in [2.24, 2.45) is 0 Å². The van der Waals surface area contributed by atoms with Crippen molar-refractivity contribution < 1.29 is 9.53 Å². The molecule has 1 aliphatic rings. The maximum absolute atomic E-state index is 12.3. The number of hydrogen-bond acceptors (Lipinski definition) is 4. The van der Waals surface area contributed by atoms with E-state index >= 15 is 0 Å². The van der Waals surface area contributed by atoms with E-state index in [-0.39, 0.29) is 5.91 Å². The van der Waals surface area contributed by atoms with E-state index in [1.54, 1.807) is 13.3 Å². The second-order valence-corrected chi connectivity index (χ2v) is 6.37. The van der Waals surface area contributed by atoms with Crippen molar-refractivity contribution in [3.8, 4) is 5.69 Å². The first-order chi connectivity index (χ1) is 12.3. The summed E-state index contributed by atoms with van der Waals surface area (Å²) in [4.78, 5) is 14.3. The highest BCUT2D eigenvalue weighted by atomic mass is 16.5. The van der Waals surface area contributed by atoms with Gasteiger partial charge < -0.3 is 15.0 Å². The number of hydrogen-bond donors (Lipinski definition) is 1. The van der Waals surface area contributed by atoms with Crippen molar-refractivity contribution in [1.82, 2.24) is 20.0 Å². The van der Waals surface area contributed by atoms with Gasteiger partial charge in [-0.05, 0) is 43.1 Å². The molecule has 2 aromatic rings. The van der Waals surface area contributed by atoms with E-state index < -0.39 is 0 Å². The number of nitrogens with one attached hydrogen (secondary N) is 1. The van der Waals surface area contributed by atoms with Crippen LogP contribution in [0, 0.1) is 0 Å². The molecule has 1 aromatic carbocycles. The van der Waals surface area contributed by atoms with E-state index in [4.69, 9.17) is 4.74 Å². The first-order valence-electron chi connectivity index (χ1n) is 8.86. The summed E-state index contributed by atoms with van der Waals surface area (Å²) >= 11 is 0. The summed E-state index contributed by atoms with van der Waals surface area (Å²) in [6.07, 6.45) is 6.28. The Morgan fingerprint density at radius 3 is 3.04 bits per heavy atom. The minimum Gasteiger partial charge on any atom is -0.383 e. The predicted octanol–water partition coefficient (Wildman–Crippen LogP) is 1.99. The van der Waals surface area contributed by atoms with Crippen LogP contribution in [0.4, 0.5) is 0 Å². The molecular weight excluding hydrogens is 316 g/mol. The van der Waals surface area contributed by atoms with Crippen LogP contribution in [-0.2, 0) is 16.1 Å². The van der Waals surface area contributed by atoms with Gasteiger partial charge >= 0.3 is 0 Å². The minimum absolute atomic E-state index is 0.256. The molecule has 2 heterocycles. The standard InChI is InChI=1S/C19H26N4O2/c1-25-13-11-20-10-8-17-6-7-19(24)22(17)15-16-4-2-5-18(14-16)23-12-3-9-21-23/h2-5,9,12,14,17,20H,6-8,10-11,13,15H2,1H3/t17-/m1/s1. The average Bonchev–Trinajstić information content (AvgIpc) is 3.27. The van der Waals surface area contributed by atoms with E-state index in [1.165, 1.54) is 0 Å². The fourth-order valence-corrected chi connectivity index (χ4v) is 3.29. The lowest BCUT2D eigenvalue weighted by atomic mass is 10.1. The van der Waals surface area contributed by atoms with Gasteiger partial charge in [-0.2, -0.15) is 5.10 Å². The second-order valence-electron chi connectivity index (χ2n) is 6.37. The topological polar surface area (TPSA) is 59.4 Å². The van der Waals surface area contributed by atoms with Crippen molar-refractivity contribution in [1.29, 1.82) is 0 Å². The molecule has 1 aromatic heterocycles. The highest BCUT2D eigenvalue weighted by molar-refractivity contribution is 5.78. The molecule has 1 atom stereocenters. The van der Waals surface area contributed by atoms with Gasteiger partial charge in [-0.15, -0.1) is 0 Å². The van der Waals surface area contributed by atoms with Crippen LogP contribution in [0.25, 0.3) is 5.69 Å². The van der Waals surface area contributed by atoms with Crippen molar-refractivity contribution in [2.75, 3.05) is 26.8 Å². The van der Waals surface area contributed by atoms with Gasteiger partial charge in [0.2, 0.25) is 5.91 Å². The normalized spacial score (nSPS) is 17.4. The fraction of sp³-hybridized carbons (Fsp3) is 0.474. The van der Waals surface area contributed by atoms with Crippen LogP contribution >= 0.6 is 0 Å². The zero-order chi connectivity index (χ0) is 17.5. The Morgan fingerprint density at radius 1 is 1.32 bits per heavy atom. The molecule has 0 saturated carbocycles. The van der Waals surface area contributed by atoms with Gasteiger partial charge in [-0.25, -0.2) is 4.68 Å². The molecular formula is C19H26N4O2. The third kappa shape index (κ3) is 4.67. The number of amides is 1. The van der Waals surface area contributed by atoms with Crippen molar-refractivity contribution >= 4 is 5.91 Å². The van der Waals surface area contributed by atoms with Gasteiger partial charge in [-0.3, -0.25) is 4.79 Å². The summed E-state index contributed by atoms with van der Waals surface area (Å²) in [5.74, 6) is 0.256. The molecule has 0 spiro atoms. The van der Waals surface area contributed by atoms with E-state index in [0.29, 0.717) is 25.6 Å². The van der Waals surface area contributed by atoms with E-state index in [1.807, 2.05) is 34.0 Å². The maximum Gasteiger partial charge on any atom is 0.223 e. The van der Waals surface area contributed by atoms with Crippen LogP contribution in [0.2, 0.25) is 0 Å². The summed E-state index contributed by atoms with van der Waals surface area (Å²) in [7, 11) is 1.70. The largest absolute Gasteiger partial charge is 0.383 e. The lowest BCUT2D eigenvalue weighted by molar-refractivity contribution is -0.129. The Bertz CT molecular complexity index is 672. The number of ether oxygens (including phenoxy) is 1. The summed E-state index contributed by atoms with van der Waals surface area (Å²) in [5.41, 5.74) is 2.16. The van der Waals surface area contributed by atoms with Crippen LogP contribution in [0.15, 0.2) is 42.7 Å². The third-order valence-corrected chi connectivity index (χ3v) is 4.62. The zero-order valence-electron chi connectivity index (χ0n) is 14.7.